The number of benzene rings is 1. The number of hydrogen-bond acceptors (Lipinski definition) is 4. The third kappa shape index (κ3) is 4.03. The molecule has 2 aromatic rings. The number of methoxy groups -OCH3 is 1. The third-order valence-corrected chi connectivity index (χ3v) is 4.74. The van der Waals surface area contributed by atoms with Gasteiger partial charge in [-0.3, -0.25) is 4.90 Å². The number of carbonyl (C=O) groups excluding carboxylic acids is 1. The molecule has 1 fully saturated rings. The highest BCUT2D eigenvalue weighted by molar-refractivity contribution is 9.10. The number of nitrogens with zero attached hydrogens (tertiary/aromatic N) is 2. The number of aromatic amines is 1. The van der Waals surface area contributed by atoms with E-state index in [1.807, 2.05) is 39.0 Å². The predicted octanol–water partition coefficient (Wildman–Crippen LogP) is 4.92. The molecule has 1 aliphatic heterocycles. The van der Waals surface area contributed by atoms with Crippen LogP contribution in [0.25, 0.3) is 11.3 Å². The molecule has 1 aliphatic rings. The molecule has 6 nitrogen and oxygen atoms in total. The minimum absolute atomic E-state index is 0.0972. The lowest BCUT2D eigenvalue weighted by atomic mass is 10.1. The number of H-pyrrole nitrogens is 1. The summed E-state index contributed by atoms with van der Waals surface area (Å²) in [6.07, 6.45) is 3.29. The van der Waals surface area contributed by atoms with Crippen molar-refractivity contribution < 1.29 is 14.3 Å². The number of aromatic nitrogens is 2. The lowest BCUT2D eigenvalue weighted by Crippen LogP contribution is -2.36. The smallest absolute Gasteiger partial charge is 0.410 e. The number of hydrogen-bond donors (Lipinski definition) is 1. The zero-order valence-electron chi connectivity index (χ0n) is 15.5. The van der Waals surface area contributed by atoms with Crippen LogP contribution in [0.1, 0.15) is 45.5 Å². The van der Waals surface area contributed by atoms with Gasteiger partial charge in [0.2, 0.25) is 0 Å². The Hall–Kier alpha value is -2.02. The highest BCUT2D eigenvalue weighted by Crippen LogP contribution is 2.35. The summed E-state index contributed by atoms with van der Waals surface area (Å²) in [5, 5.41) is 0. The van der Waals surface area contributed by atoms with Crippen molar-refractivity contribution in [3.8, 4) is 17.0 Å². The number of carbonyl (C=O) groups is 1. The number of ether oxygens (including phenoxy) is 2. The van der Waals surface area contributed by atoms with Crippen molar-refractivity contribution in [2.24, 2.45) is 0 Å². The molecule has 26 heavy (non-hydrogen) atoms. The van der Waals surface area contributed by atoms with E-state index in [4.69, 9.17) is 9.47 Å². The Kier molecular flexibility index (Phi) is 5.27. The van der Waals surface area contributed by atoms with Crippen molar-refractivity contribution >= 4 is 22.0 Å². The lowest BCUT2D eigenvalue weighted by Gasteiger charge is -2.27. The number of nitrogens with one attached hydrogen (secondary N) is 1. The molecular formula is C19H24BrN3O3. The fraction of sp³-hybridized carbons (Fsp3) is 0.474. The minimum atomic E-state index is -0.511. The quantitative estimate of drug-likeness (QED) is 0.763. The molecule has 3 rings (SSSR count). The van der Waals surface area contributed by atoms with Crippen LogP contribution in [0.5, 0.6) is 5.75 Å². The molecule has 1 aromatic carbocycles. The molecule has 0 radical (unpaired) electrons. The Labute approximate surface area is 162 Å². The molecule has 140 valence electrons. The average molecular weight is 422 g/mol. The van der Waals surface area contributed by atoms with Crippen LogP contribution in [0.15, 0.2) is 28.9 Å². The minimum Gasteiger partial charge on any atom is -0.496 e. The standard InChI is InChI=1S/C19H24BrN3O3/c1-19(2,3)26-18(24)23-9-5-6-15(23)17-21-11-14(22-17)13-8-7-12(20)10-16(13)25-4/h7-8,10-11,15H,5-6,9H2,1-4H3,(H,21,22)/t15-/m0/s1. The van der Waals surface area contributed by atoms with E-state index in [1.165, 1.54) is 0 Å². The van der Waals surface area contributed by atoms with Gasteiger partial charge in [-0.15, -0.1) is 0 Å². The van der Waals surface area contributed by atoms with Gasteiger partial charge in [-0.2, -0.15) is 0 Å². The van der Waals surface area contributed by atoms with Crippen LogP contribution < -0.4 is 4.74 Å². The van der Waals surface area contributed by atoms with Gasteiger partial charge in [0.05, 0.1) is 25.0 Å². The Bertz CT molecular complexity index is 798. The maximum atomic E-state index is 12.5. The van der Waals surface area contributed by atoms with Gasteiger partial charge in [0.25, 0.3) is 0 Å². The summed E-state index contributed by atoms with van der Waals surface area (Å²) in [5.74, 6) is 1.53. The zero-order valence-corrected chi connectivity index (χ0v) is 17.1. The van der Waals surface area contributed by atoms with Crippen LogP contribution in [-0.4, -0.2) is 40.2 Å². The maximum absolute atomic E-state index is 12.5. The molecule has 1 amide bonds. The molecule has 0 aliphatic carbocycles. The number of amides is 1. The highest BCUT2D eigenvalue weighted by Gasteiger charge is 2.34. The van der Waals surface area contributed by atoms with Crippen molar-refractivity contribution in [3.63, 3.8) is 0 Å². The average Bonchev–Trinajstić information content (AvgIpc) is 3.21. The highest BCUT2D eigenvalue weighted by atomic mass is 79.9. The first kappa shape index (κ1) is 18.8. The largest absolute Gasteiger partial charge is 0.496 e. The van der Waals surface area contributed by atoms with E-state index in [1.54, 1.807) is 18.2 Å². The summed E-state index contributed by atoms with van der Waals surface area (Å²) in [6, 6.07) is 5.75. The second kappa shape index (κ2) is 7.31. The molecule has 0 bridgehead atoms. The molecule has 2 heterocycles. The molecule has 1 aromatic heterocycles. The maximum Gasteiger partial charge on any atom is 0.410 e. The molecule has 0 spiro atoms. The van der Waals surface area contributed by atoms with Crippen LogP contribution in [0.2, 0.25) is 0 Å². The predicted molar refractivity (Wildman–Crippen MR) is 103 cm³/mol. The normalized spacial score (nSPS) is 17.4. The van der Waals surface area contributed by atoms with E-state index in [0.717, 1.165) is 40.1 Å². The van der Waals surface area contributed by atoms with E-state index >= 15 is 0 Å². The number of rotatable bonds is 3. The van der Waals surface area contributed by atoms with Crippen molar-refractivity contribution in [1.29, 1.82) is 0 Å². The monoisotopic (exact) mass is 421 g/mol. The molecular weight excluding hydrogens is 398 g/mol. The van der Waals surface area contributed by atoms with Gasteiger partial charge in [-0.25, -0.2) is 9.78 Å². The van der Waals surface area contributed by atoms with Crippen LogP contribution in [0.4, 0.5) is 4.79 Å². The molecule has 1 saturated heterocycles. The third-order valence-electron chi connectivity index (χ3n) is 4.25. The molecule has 0 saturated carbocycles. The second-order valence-electron chi connectivity index (χ2n) is 7.36. The van der Waals surface area contributed by atoms with Crippen LogP contribution in [-0.2, 0) is 4.74 Å². The number of imidazole rings is 1. The van der Waals surface area contributed by atoms with Crippen LogP contribution in [0, 0.1) is 0 Å². The number of likely N-dealkylation sites (tertiary alicyclic amines) is 1. The molecule has 7 heteroatoms. The van der Waals surface area contributed by atoms with Crippen molar-refractivity contribution in [3.05, 3.63) is 34.7 Å². The van der Waals surface area contributed by atoms with Gasteiger partial charge < -0.3 is 14.5 Å². The second-order valence-corrected chi connectivity index (χ2v) is 8.27. The summed E-state index contributed by atoms with van der Waals surface area (Å²) < 4.78 is 12.0. The van der Waals surface area contributed by atoms with E-state index in [-0.39, 0.29) is 12.1 Å². The Morgan fingerprint density at radius 1 is 1.38 bits per heavy atom. The fourth-order valence-corrected chi connectivity index (χ4v) is 3.46. The van der Waals surface area contributed by atoms with Gasteiger partial charge in [0.1, 0.15) is 17.2 Å². The molecule has 1 N–H and O–H groups in total. The Morgan fingerprint density at radius 3 is 2.85 bits per heavy atom. The topological polar surface area (TPSA) is 67.4 Å². The van der Waals surface area contributed by atoms with Crippen molar-refractivity contribution in [1.82, 2.24) is 14.9 Å². The number of halogens is 1. The first-order valence-corrected chi connectivity index (χ1v) is 9.46. The Balaban J connectivity index is 1.84. The summed E-state index contributed by atoms with van der Waals surface area (Å²) in [5.41, 5.74) is 1.28. The van der Waals surface area contributed by atoms with Gasteiger partial charge in [0.15, 0.2) is 0 Å². The van der Waals surface area contributed by atoms with Crippen LogP contribution >= 0.6 is 15.9 Å². The summed E-state index contributed by atoms with van der Waals surface area (Å²) >= 11 is 3.45. The molecule has 0 unspecified atom stereocenters. The van der Waals surface area contributed by atoms with E-state index in [0.29, 0.717) is 6.54 Å². The summed E-state index contributed by atoms with van der Waals surface area (Å²) in [6.45, 7) is 6.31. The van der Waals surface area contributed by atoms with Gasteiger partial charge in [-0.05, 0) is 51.8 Å². The SMILES string of the molecule is COc1cc(Br)ccc1-c1cnc([C@@H]2CCCN2C(=O)OC(C)(C)C)[nH]1. The zero-order chi connectivity index (χ0) is 18.9. The van der Waals surface area contributed by atoms with E-state index in [9.17, 15) is 4.79 Å². The lowest BCUT2D eigenvalue weighted by molar-refractivity contribution is 0.0218. The van der Waals surface area contributed by atoms with Crippen LogP contribution in [0.3, 0.4) is 0 Å². The first-order valence-electron chi connectivity index (χ1n) is 8.67. The van der Waals surface area contributed by atoms with Gasteiger partial charge >= 0.3 is 6.09 Å². The first-order chi connectivity index (χ1) is 12.3. The van der Waals surface area contributed by atoms with Gasteiger partial charge in [-0.1, -0.05) is 15.9 Å². The van der Waals surface area contributed by atoms with Crippen molar-refractivity contribution in [2.45, 2.75) is 45.3 Å². The summed E-state index contributed by atoms with van der Waals surface area (Å²) in [7, 11) is 1.64. The van der Waals surface area contributed by atoms with Crippen molar-refractivity contribution in [2.75, 3.05) is 13.7 Å². The molecule has 1 atom stereocenters. The fourth-order valence-electron chi connectivity index (χ4n) is 3.12. The summed E-state index contributed by atoms with van der Waals surface area (Å²) in [4.78, 5) is 22.1. The van der Waals surface area contributed by atoms with E-state index < -0.39 is 5.60 Å². The van der Waals surface area contributed by atoms with Gasteiger partial charge in [0, 0.05) is 16.6 Å². The Morgan fingerprint density at radius 2 is 2.15 bits per heavy atom. The van der Waals surface area contributed by atoms with E-state index in [2.05, 4.69) is 25.9 Å².